The van der Waals surface area contributed by atoms with Crippen LogP contribution in [0, 0.1) is 6.92 Å². The number of ether oxygens (including phenoxy) is 2. The number of ketones is 1. The molecule has 1 aromatic heterocycles. The molecular weight excluding hydrogens is 404 g/mol. The minimum absolute atomic E-state index is 0.140. The molecule has 1 aliphatic heterocycles. The van der Waals surface area contributed by atoms with Crippen LogP contribution in [0.5, 0.6) is 0 Å². The second kappa shape index (κ2) is 6.48. The van der Waals surface area contributed by atoms with Gasteiger partial charge in [-0.3, -0.25) is 23.9 Å². The fourth-order valence-electron chi connectivity index (χ4n) is 2.60. The predicted molar refractivity (Wildman–Crippen MR) is 86.1 cm³/mol. The van der Waals surface area contributed by atoms with Crippen LogP contribution in [0.15, 0.2) is 15.8 Å². The molecule has 0 aromatic carbocycles. The Bertz CT molecular complexity index is 829. The third-order valence-corrected chi connectivity index (χ3v) is 4.99. The van der Waals surface area contributed by atoms with Crippen LogP contribution in [0.3, 0.4) is 0 Å². The largest absolute Gasteiger partial charge is 0.463 e. The van der Waals surface area contributed by atoms with E-state index in [2.05, 4.69) is 15.9 Å². The molecule has 2 heterocycles. The van der Waals surface area contributed by atoms with Gasteiger partial charge in [0.25, 0.3) is 5.56 Å². The number of aromatic nitrogens is 2. The molecule has 0 radical (unpaired) electrons. The van der Waals surface area contributed by atoms with Gasteiger partial charge in [-0.2, -0.15) is 0 Å². The number of Topliss-reactive ketones (excluding diaryl/α,β-unsaturated/α-hetero) is 1. The third kappa shape index (κ3) is 3.08. The molecule has 0 unspecified atom stereocenters. The van der Waals surface area contributed by atoms with E-state index in [1.54, 1.807) is 0 Å². The van der Waals surface area contributed by atoms with Crippen molar-refractivity contribution < 1.29 is 29.3 Å². The number of hydrogen-bond acceptors (Lipinski definition) is 8. The van der Waals surface area contributed by atoms with Crippen molar-refractivity contribution in [2.75, 3.05) is 6.61 Å². The Kier molecular flexibility index (Phi) is 5.06. The SMILES string of the molecule is CC(=O)OC[C@H]1O[C@@H](n2cc(C)c(=O)[nH]c2=O)[C@@](O)(Br)[C@@]1(O)C(C)=O. The minimum atomic E-state index is -2.52. The summed E-state index contributed by atoms with van der Waals surface area (Å²) < 4.78 is 8.63. The van der Waals surface area contributed by atoms with Crippen LogP contribution in [0.25, 0.3) is 0 Å². The topological polar surface area (TPSA) is 148 Å². The van der Waals surface area contributed by atoms with E-state index in [1.807, 2.05) is 4.98 Å². The van der Waals surface area contributed by atoms with Crippen LogP contribution in [-0.2, 0) is 19.1 Å². The van der Waals surface area contributed by atoms with Crippen LogP contribution in [0.2, 0.25) is 0 Å². The molecule has 0 saturated carbocycles. The number of nitrogens with zero attached hydrogens (tertiary/aromatic N) is 1. The number of nitrogens with one attached hydrogen (secondary N) is 1. The van der Waals surface area contributed by atoms with Crippen molar-refractivity contribution in [1.29, 1.82) is 0 Å². The molecule has 3 N–H and O–H groups in total. The molecule has 11 heteroatoms. The van der Waals surface area contributed by atoms with Crippen LogP contribution >= 0.6 is 15.9 Å². The first-order valence-corrected chi connectivity index (χ1v) is 7.97. The van der Waals surface area contributed by atoms with E-state index in [1.165, 1.54) is 6.92 Å². The van der Waals surface area contributed by atoms with Gasteiger partial charge in [-0.25, -0.2) is 4.79 Å². The minimum Gasteiger partial charge on any atom is -0.463 e. The Hall–Kier alpha value is -1.82. The molecule has 10 nitrogen and oxygen atoms in total. The highest BCUT2D eigenvalue weighted by molar-refractivity contribution is 9.10. The van der Waals surface area contributed by atoms with Crippen LogP contribution in [0.4, 0.5) is 0 Å². The number of halogens is 1. The Morgan fingerprint density at radius 1 is 1.40 bits per heavy atom. The molecule has 1 aromatic rings. The first-order chi connectivity index (χ1) is 11.4. The van der Waals surface area contributed by atoms with Crippen molar-refractivity contribution in [3.63, 3.8) is 0 Å². The van der Waals surface area contributed by atoms with Gasteiger partial charge in [0.15, 0.2) is 17.6 Å². The number of aromatic amines is 1. The fourth-order valence-corrected chi connectivity index (χ4v) is 3.46. The summed E-state index contributed by atoms with van der Waals surface area (Å²) in [5.41, 5.74) is -3.93. The molecule has 1 saturated heterocycles. The monoisotopic (exact) mass is 420 g/mol. The summed E-state index contributed by atoms with van der Waals surface area (Å²) in [7, 11) is 0. The van der Waals surface area contributed by atoms with Gasteiger partial charge in [-0.1, -0.05) is 0 Å². The molecule has 2 rings (SSSR count). The molecule has 0 spiro atoms. The van der Waals surface area contributed by atoms with Crippen molar-refractivity contribution in [3.8, 4) is 0 Å². The van der Waals surface area contributed by atoms with E-state index >= 15 is 0 Å². The van der Waals surface area contributed by atoms with Crippen LogP contribution in [-0.4, -0.2) is 54.3 Å². The van der Waals surface area contributed by atoms with E-state index in [9.17, 15) is 29.4 Å². The first kappa shape index (κ1) is 19.5. The van der Waals surface area contributed by atoms with Gasteiger partial charge in [-0.15, -0.1) is 0 Å². The van der Waals surface area contributed by atoms with Crippen molar-refractivity contribution in [2.24, 2.45) is 0 Å². The lowest BCUT2D eigenvalue weighted by atomic mass is 9.88. The summed E-state index contributed by atoms with van der Waals surface area (Å²) >= 11 is 2.86. The number of carbonyl (C=O) groups excluding carboxylic acids is 2. The molecular formula is C14H17BrN2O8. The fraction of sp³-hybridized carbons (Fsp3) is 0.571. The van der Waals surface area contributed by atoms with Crippen LogP contribution in [0.1, 0.15) is 25.6 Å². The Morgan fingerprint density at radius 2 is 2.00 bits per heavy atom. The highest BCUT2D eigenvalue weighted by Gasteiger charge is 2.69. The number of rotatable bonds is 4. The second-order valence-corrected chi connectivity index (χ2v) is 6.96. The van der Waals surface area contributed by atoms with Gasteiger partial charge in [0.2, 0.25) is 4.51 Å². The number of H-pyrrole nitrogens is 1. The molecule has 138 valence electrons. The van der Waals surface area contributed by atoms with Crippen LogP contribution < -0.4 is 11.2 Å². The number of alkyl halides is 1. The molecule has 4 atom stereocenters. The number of carbonyl (C=O) groups is 2. The van der Waals surface area contributed by atoms with E-state index in [0.717, 1.165) is 24.6 Å². The van der Waals surface area contributed by atoms with Crippen molar-refractivity contribution >= 4 is 27.7 Å². The Balaban J connectivity index is 2.56. The smallest absolute Gasteiger partial charge is 0.330 e. The maximum absolute atomic E-state index is 12.1. The lowest BCUT2D eigenvalue weighted by Gasteiger charge is -2.34. The lowest BCUT2D eigenvalue weighted by Crippen LogP contribution is -2.60. The maximum atomic E-state index is 12.1. The van der Waals surface area contributed by atoms with Gasteiger partial charge in [0.1, 0.15) is 12.7 Å². The van der Waals surface area contributed by atoms with Crippen molar-refractivity contribution in [2.45, 2.75) is 43.2 Å². The number of esters is 1. The third-order valence-electron chi connectivity index (χ3n) is 3.99. The summed E-state index contributed by atoms with van der Waals surface area (Å²) in [6.45, 7) is 3.02. The zero-order valence-corrected chi connectivity index (χ0v) is 15.2. The van der Waals surface area contributed by atoms with E-state index in [4.69, 9.17) is 9.47 Å². The second-order valence-electron chi connectivity index (χ2n) is 5.75. The van der Waals surface area contributed by atoms with Gasteiger partial charge in [0.05, 0.1) is 0 Å². The van der Waals surface area contributed by atoms with E-state index < -0.39 is 52.1 Å². The number of aliphatic hydroxyl groups is 2. The maximum Gasteiger partial charge on any atom is 0.330 e. The van der Waals surface area contributed by atoms with E-state index in [0.29, 0.717) is 0 Å². The molecule has 1 aliphatic rings. The van der Waals surface area contributed by atoms with Crippen molar-refractivity contribution in [3.05, 3.63) is 32.6 Å². The molecule has 0 amide bonds. The zero-order valence-electron chi connectivity index (χ0n) is 13.6. The lowest BCUT2D eigenvalue weighted by molar-refractivity contribution is -0.162. The molecule has 0 aliphatic carbocycles. The van der Waals surface area contributed by atoms with E-state index in [-0.39, 0.29) is 5.56 Å². The summed E-state index contributed by atoms with van der Waals surface area (Å²) in [5.74, 6) is -1.56. The molecule has 25 heavy (non-hydrogen) atoms. The number of aryl methyl sites for hydroxylation is 1. The first-order valence-electron chi connectivity index (χ1n) is 7.18. The standard InChI is InChI=1S/C14H17BrN2O8/c1-6-4-17(12(21)16-10(6)20)11-14(15,23)13(22,7(2)18)9(25-11)5-24-8(3)19/h4,9,11,22-23H,5H2,1-3H3,(H,16,20,21)/t9-,11-,13-,14+/m1/s1. The summed E-state index contributed by atoms with van der Waals surface area (Å²) in [4.78, 5) is 48.6. The van der Waals surface area contributed by atoms with Gasteiger partial charge in [0, 0.05) is 18.7 Å². The van der Waals surface area contributed by atoms with Gasteiger partial charge >= 0.3 is 11.7 Å². The van der Waals surface area contributed by atoms with Gasteiger partial charge in [-0.05, 0) is 29.8 Å². The average molecular weight is 421 g/mol. The summed E-state index contributed by atoms with van der Waals surface area (Å²) in [6.07, 6.45) is -1.92. The normalized spacial score (nSPS) is 31.8. The quantitative estimate of drug-likeness (QED) is 0.402. The number of hydrogen-bond donors (Lipinski definition) is 3. The highest BCUT2D eigenvalue weighted by Crippen LogP contribution is 2.49. The Labute approximate surface area is 149 Å². The van der Waals surface area contributed by atoms with Gasteiger partial charge < -0.3 is 19.7 Å². The van der Waals surface area contributed by atoms with Crippen molar-refractivity contribution in [1.82, 2.24) is 9.55 Å². The average Bonchev–Trinajstić information content (AvgIpc) is 2.69. The highest BCUT2D eigenvalue weighted by atomic mass is 79.9. The predicted octanol–water partition coefficient (Wildman–Crippen LogP) is -1.29. The zero-order chi connectivity index (χ0) is 19.2. The Morgan fingerprint density at radius 3 is 2.52 bits per heavy atom. The summed E-state index contributed by atoms with van der Waals surface area (Å²) in [5, 5.41) is 21.5. The summed E-state index contributed by atoms with van der Waals surface area (Å²) in [6, 6.07) is 0. The molecule has 1 fully saturated rings. The molecule has 0 bridgehead atoms.